The second-order valence-electron chi connectivity index (χ2n) is 14.4. The molecule has 2 aliphatic heterocycles. The number of H-pyrrole nitrogens is 1. The molecule has 0 saturated carbocycles. The topological polar surface area (TPSA) is 166 Å². The van der Waals surface area contributed by atoms with Crippen molar-refractivity contribution in [1.29, 1.82) is 0 Å². The maximum absolute atomic E-state index is 11.9. The van der Waals surface area contributed by atoms with Crippen molar-refractivity contribution in [2.45, 2.75) is 32.2 Å². The largest absolute Gasteiger partial charge is 0.497 e. The van der Waals surface area contributed by atoms with E-state index in [4.69, 9.17) is 83.8 Å². The second kappa shape index (κ2) is 19.7. The number of amides is 2. The third-order valence-corrected chi connectivity index (χ3v) is 11.9. The number of imidazole rings is 2. The van der Waals surface area contributed by atoms with Gasteiger partial charge in [-0.3, -0.25) is 9.59 Å². The minimum absolute atomic E-state index is 0.0608. The Balaban J connectivity index is 0.000000180. The number of aromatic amines is 1. The summed E-state index contributed by atoms with van der Waals surface area (Å²) in [5.74, 6) is 1.96. The highest BCUT2D eigenvalue weighted by atomic mass is 35.5. The monoisotopic (exact) mass is 970 g/mol. The van der Waals surface area contributed by atoms with Crippen LogP contribution >= 0.6 is 69.6 Å². The summed E-state index contributed by atoms with van der Waals surface area (Å²) in [7, 11) is 1.63. The molecule has 0 atom stereocenters. The summed E-state index contributed by atoms with van der Waals surface area (Å²) in [5, 5.41) is 1.63. The normalized spacial score (nSPS) is 13.9. The summed E-state index contributed by atoms with van der Waals surface area (Å²) >= 11 is 38.0. The summed E-state index contributed by atoms with van der Waals surface area (Å²) in [6.07, 6.45) is 6.15. The molecule has 9 rings (SSSR count). The smallest absolute Gasteiger partial charge is 0.225 e. The summed E-state index contributed by atoms with van der Waals surface area (Å²) in [6.45, 7) is 3.69. The molecule has 1 N–H and O–H groups in total. The lowest BCUT2D eigenvalue weighted by molar-refractivity contribution is -0.128. The number of carbonyl (C=O) groups is 2. The van der Waals surface area contributed by atoms with Crippen molar-refractivity contribution in [3.05, 3.63) is 97.4 Å². The highest BCUT2D eigenvalue weighted by Crippen LogP contribution is 2.40. The summed E-state index contributed by atoms with van der Waals surface area (Å²) in [5.41, 5.74) is 5.34. The van der Waals surface area contributed by atoms with Gasteiger partial charge in [0.2, 0.25) is 22.4 Å². The average molecular weight is 974 g/mol. The van der Waals surface area contributed by atoms with Crippen molar-refractivity contribution in [2.75, 3.05) is 46.5 Å². The van der Waals surface area contributed by atoms with Gasteiger partial charge in [0.05, 0.1) is 59.5 Å². The molecule has 2 amide bonds. The lowest BCUT2D eigenvalue weighted by atomic mass is 10.1. The molecule has 0 bridgehead atoms. The van der Waals surface area contributed by atoms with Crippen LogP contribution in [0.4, 0.5) is 0 Å². The zero-order valence-electron chi connectivity index (χ0n) is 33.4. The van der Waals surface area contributed by atoms with Gasteiger partial charge in [-0.1, -0.05) is 58.5 Å². The van der Waals surface area contributed by atoms with Crippen LogP contribution in [0.3, 0.4) is 0 Å². The van der Waals surface area contributed by atoms with Crippen LogP contribution in [0.25, 0.3) is 44.8 Å². The van der Waals surface area contributed by atoms with Gasteiger partial charge in [-0.2, -0.15) is 9.97 Å². The number of hydrogen-bond acceptors (Lipinski definition) is 11. The number of benzene rings is 3. The Kier molecular flexibility index (Phi) is 13.9. The second-order valence-corrected chi connectivity index (χ2v) is 16.7. The fraction of sp³-hybridized carbons (Fsp3) is 0.286. The van der Waals surface area contributed by atoms with Gasteiger partial charge >= 0.3 is 0 Å². The predicted octanol–water partition coefficient (Wildman–Crippen LogP) is 9.49. The molecule has 15 nitrogen and oxygen atoms in total. The van der Waals surface area contributed by atoms with Crippen LogP contribution in [0, 0.1) is 0 Å². The van der Waals surface area contributed by atoms with Gasteiger partial charge in [-0.25, -0.2) is 19.9 Å². The number of aromatic nitrogens is 8. The highest BCUT2D eigenvalue weighted by molar-refractivity contribution is 6.38. The van der Waals surface area contributed by atoms with Crippen molar-refractivity contribution in [2.24, 2.45) is 0 Å². The molecule has 63 heavy (non-hydrogen) atoms. The zero-order chi connectivity index (χ0) is 44.2. The van der Waals surface area contributed by atoms with Crippen molar-refractivity contribution in [3.8, 4) is 39.8 Å². The van der Waals surface area contributed by atoms with E-state index >= 15 is 0 Å². The molecule has 6 heterocycles. The molecular weight excluding hydrogens is 937 g/mol. The van der Waals surface area contributed by atoms with Gasteiger partial charge in [-0.05, 0) is 78.0 Å². The quantitative estimate of drug-likeness (QED) is 0.109. The zero-order valence-corrected chi connectivity index (χ0v) is 37.9. The van der Waals surface area contributed by atoms with Crippen molar-refractivity contribution in [3.63, 3.8) is 0 Å². The van der Waals surface area contributed by atoms with E-state index in [2.05, 4.69) is 34.9 Å². The minimum atomic E-state index is 0.0608. The van der Waals surface area contributed by atoms with Crippen LogP contribution in [-0.2, 0) is 16.1 Å². The summed E-state index contributed by atoms with van der Waals surface area (Å²) in [4.78, 5) is 55.9. The maximum Gasteiger partial charge on any atom is 0.225 e. The Morgan fingerprint density at radius 2 is 1.25 bits per heavy atom. The third-order valence-electron chi connectivity index (χ3n) is 10.3. The molecule has 3 aromatic carbocycles. The molecule has 2 aliphatic rings. The molecule has 0 unspecified atom stereocenters. The van der Waals surface area contributed by atoms with E-state index in [1.165, 1.54) is 6.33 Å². The van der Waals surface area contributed by atoms with Crippen LogP contribution in [-0.4, -0.2) is 108 Å². The summed E-state index contributed by atoms with van der Waals surface area (Å²) < 4.78 is 18.8. The van der Waals surface area contributed by atoms with Gasteiger partial charge in [0, 0.05) is 37.1 Å². The van der Waals surface area contributed by atoms with Gasteiger partial charge in [0.15, 0.2) is 11.3 Å². The van der Waals surface area contributed by atoms with Crippen molar-refractivity contribution < 1.29 is 23.8 Å². The lowest BCUT2D eigenvalue weighted by Gasteiger charge is -2.17. The molecule has 2 fully saturated rings. The average Bonchev–Trinajstić information content (AvgIpc) is 4.09. The Labute approximate surface area is 390 Å². The van der Waals surface area contributed by atoms with E-state index in [1.54, 1.807) is 47.5 Å². The van der Waals surface area contributed by atoms with Gasteiger partial charge < -0.3 is 33.6 Å². The number of fused-ring (bicyclic) bond motifs is 2. The first kappa shape index (κ1) is 44.4. The van der Waals surface area contributed by atoms with Crippen LogP contribution < -0.4 is 14.2 Å². The molecule has 0 spiro atoms. The molecule has 0 radical (unpaired) electrons. The third kappa shape index (κ3) is 10.1. The molecule has 2 saturated heterocycles. The number of hydrogen-bond donors (Lipinski definition) is 1. The highest BCUT2D eigenvalue weighted by Gasteiger charge is 2.23. The van der Waals surface area contributed by atoms with E-state index in [1.807, 2.05) is 28.8 Å². The molecule has 7 aromatic rings. The number of ether oxygens (including phenoxy) is 3. The maximum atomic E-state index is 11.9. The first-order chi connectivity index (χ1) is 30.4. The van der Waals surface area contributed by atoms with Crippen LogP contribution in [0.2, 0.25) is 30.7 Å². The number of halogens is 6. The fourth-order valence-electron chi connectivity index (χ4n) is 7.21. The Morgan fingerprint density at radius 3 is 1.83 bits per heavy atom. The molecule has 326 valence electrons. The van der Waals surface area contributed by atoms with E-state index in [9.17, 15) is 9.59 Å². The SMILES string of the molecule is COc1ccc(Cn2cnc3c(-c4cc(OCCN5CCCC5=O)c(Cl)cc4Cl)nc(Cl)nc32)cc1.O=C1CCCN1CCOc1cc(-c2nc(Cl)nc3nc[nH]c23)c(Cl)cc1Cl. The number of carbonyl (C=O) groups excluding carboxylic acids is 2. The van der Waals surface area contributed by atoms with Gasteiger partial charge in [0.25, 0.3) is 0 Å². The number of nitrogens with zero attached hydrogens (tertiary/aromatic N) is 9. The van der Waals surface area contributed by atoms with E-state index in [0.717, 1.165) is 37.2 Å². The van der Waals surface area contributed by atoms with Crippen LogP contribution in [0.15, 0.2) is 61.2 Å². The minimum Gasteiger partial charge on any atom is -0.497 e. The van der Waals surface area contributed by atoms with Gasteiger partial charge in [0.1, 0.15) is 52.9 Å². The number of rotatable bonds is 13. The number of nitrogens with one attached hydrogen (secondary N) is 1. The predicted molar refractivity (Wildman–Crippen MR) is 243 cm³/mol. The molecular formula is C42H36Cl6N10O5. The standard InChI is InChI=1S/C25H22Cl3N5O3.C17H14Cl3N5O2/c1-35-16-6-4-15(5-7-16)13-33-14-29-23-22(30-25(28)31-24(23)33)17-11-20(19(27)12-18(17)26)36-10-9-32-8-2-3-21(32)34;18-10-7-11(19)12(27-5-4-25-3-1-2-13(25)26)6-9(10)14-15-16(22-8-21-15)24-17(20)23-14/h4-7,11-12,14H,2-3,8-10,13H2,1H3;6-8H,1-5H2,(H,21,22,23,24). The van der Waals surface area contributed by atoms with Crippen LogP contribution in [0.5, 0.6) is 17.2 Å². The van der Waals surface area contributed by atoms with E-state index < -0.39 is 0 Å². The van der Waals surface area contributed by atoms with E-state index in [0.29, 0.717) is 122 Å². The fourth-order valence-corrected chi connectivity index (χ4v) is 8.59. The Hall–Kier alpha value is -5.16. The van der Waals surface area contributed by atoms with Crippen LogP contribution in [0.1, 0.15) is 31.2 Å². The Morgan fingerprint density at radius 1 is 0.683 bits per heavy atom. The Bertz CT molecular complexity index is 2820. The van der Waals surface area contributed by atoms with Crippen molar-refractivity contribution >= 4 is 104 Å². The molecule has 4 aromatic heterocycles. The summed E-state index contributed by atoms with van der Waals surface area (Å²) in [6, 6.07) is 14.4. The molecule has 0 aliphatic carbocycles. The lowest BCUT2D eigenvalue weighted by Crippen LogP contribution is -2.29. The molecule has 21 heteroatoms. The van der Waals surface area contributed by atoms with Gasteiger partial charge in [-0.15, -0.1) is 0 Å². The first-order valence-electron chi connectivity index (χ1n) is 19.6. The number of methoxy groups -OCH3 is 1. The number of likely N-dealkylation sites (tertiary alicyclic amines) is 2. The van der Waals surface area contributed by atoms with Crippen molar-refractivity contribution in [1.82, 2.24) is 49.3 Å². The first-order valence-corrected chi connectivity index (χ1v) is 21.9. The van der Waals surface area contributed by atoms with E-state index in [-0.39, 0.29) is 22.4 Å².